The van der Waals surface area contributed by atoms with Gasteiger partial charge in [-0.05, 0) is 49.7 Å². The van der Waals surface area contributed by atoms with E-state index < -0.39 is 5.91 Å². The van der Waals surface area contributed by atoms with E-state index in [1.54, 1.807) is 36.9 Å². The van der Waals surface area contributed by atoms with Gasteiger partial charge in [-0.1, -0.05) is 29.8 Å². The van der Waals surface area contributed by atoms with Crippen LogP contribution < -0.4 is 15.6 Å². The summed E-state index contributed by atoms with van der Waals surface area (Å²) in [6, 6.07) is 14.4. The highest BCUT2D eigenvalue weighted by molar-refractivity contribution is 6.31. The van der Waals surface area contributed by atoms with Gasteiger partial charge in [0.15, 0.2) is 6.61 Å². The van der Waals surface area contributed by atoms with Crippen molar-refractivity contribution in [1.29, 1.82) is 0 Å². The third kappa shape index (κ3) is 3.90. The molecule has 0 radical (unpaired) electrons. The zero-order valence-electron chi connectivity index (χ0n) is 15.3. The molecule has 1 N–H and O–H groups in total. The van der Waals surface area contributed by atoms with Crippen LogP contribution in [0.3, 0.4) is 0 Å². The average molecular weight is 386 g/mol. The van der Waals surface area contributed by atoms with Gasteiger partial charge in [0.25, 0.3) is 11.5 Å². The normalized spacial score (nSPS) is 10.7. The summed E-state index contributed by atoms with van der Waals surface area (Å²) in [5.41, 5.74) is 2.18. The van der Waals surface area contributed by atoms with Crippen LogP contribution in [0, 0.1) is 13.8 Å². The molecule has 0 bridgehead atoms. The van der Waals surface area contributed by atoms with Crippen molar-refractivity contribution in [3.63, 3.8) is 0 Å². The second kappa shape index (κ2) is 7.72. The Morgan fingerprint density at radius 2 is 1.85 bits per heavy atom. The SMILES string of the molecule is Cc1cc(OCC(=O)Nc2c(C)n(C)n(-c3ccccc3)c2=O)ccc1Cl. The third-order valence-electron chi connectivity index (χ3n) is 4.32. The van der Waals surface area contributed by atoms with Crippen LogP contribution in [-0.4, -0.2) is 21.9 Å². The first-order valence-electron chi connectivity index (χ1n) is 8.41. The molecule has 140 valence electrons. The summed E-state index contributed by atoms with van der Waals surface area (Å²) in [7, 11) is 1.77. The number of carbonyl (C=O) groups is 1. The highest BCUT2D eigenvalue weighted by Gasteiger charge is 2.18. The predicted octanol–water partition coefficient (Wildman–Crippen LogP) is 3.46. The molecule has 3 aromatic rings. The van der Waals surface area contributed by atoms with Crippen LogP contribution in [0.5, 0.6) is 5.75 Å². The summed E-state index contributed by atoms with van der Waals surface area (Å²) in [6.07, 6.45) is 0. The number of hydrogen-bond donors (Lipinski definition) is 1. The lowest BCUT2D eigenvalue weighted by Gasteiger charge is -2.08. The second-order valence-corrected chi connectivity index (χ2v) is 6.59. The minimum atomic E-state index is -0.409. The van der Waals surface area contributed by atoms with E-state index in [2.05, 4.69) is 5.32 Å². The summed E-state index contributed by atoms with van der Waals surface area (Å²) < 4.78 is 8.70. The molecule has 3 rings (SSSR count). The van der Waals surface area contributed by atoms with Crippen LogP contribution >= 0.6 is 11.6 Å². The number of halogens is 1. The molecule has 0 atom stereocenters. The van der Waals surface area contributed by atoms with E-state index >= 15 is 0 Å². The summed E-state index contributed by atoms with van der Waals surface area (Å²) >= 11 is 5.98. The topological polar surface area (TPSA) is 65.3 Å². The highest BCUT2D eigenvalue weighted by Crippen LogP contribution is 2.21. The maximum atomic E-state index is 12.8. The Kier molecular flexibility index (Phi) is 5.37. The molecular weight excluding hydrogens is 366 g/mol. The fourth-order valence-corrected chi connectivity index (χ4v) is 2.86. The predicted molar refractivity (Wildman–Crippen MR) is 106 cm³/mol. The summed E-state index contributed by atoms with van der Waals surface area (Å²) in [5, 5.41) is 3.29. The number of carbonyl (C=O) groups excluding carboxylic acids is 1. The Morgan fingerprint density at radius 1 is 1.15 bits per heavy atom. The van der Waals surface area contributed by atoms with Gasteiger partial charge in [-0.2, -0.15) is 0 Å². The van der Waals surface area contributed by atoms with Gasteiger partial charge in [-0.3, -0.25) is 14.3 Å². The third-order valence-corrected chi connectivity index (χ3v) is 4.74. The molecule has 2 aromatic carbocycles. The smallest absolute Gasteiger partial charge is 0.295 e. The van der Waals surface area contributed by atoms with E-state index in [0.717, 1.165) is 11.3 Å². The minimum absolute atomic E-state index is 0.208. The number of nitrogens with one attached hydrogen (secondary N) is 1. The van der Waals surface area contributed by atoms with E-state index in [4.69, 9.17) is 16.3 Å². The number of anilines is 1. The standard InChI is InChI=1S/C20H20ClN3O3/c1-13-11-16(9-10-17(13)21)27-12-18(25)22-19-14(2)23(3)24(20(19)26)15-7-5-4-6-8-15/h4-11H,12H2,1-3H3,(H,22,25). The van der Waals surface area contributed by atoms with Crippen molar-refractivity contribution in [2.24, 2.45) is 7.05 Å². The second-order valence-electron chi connectivity index (χ2n) is 6.18. The van der Waals surface area contributed by atoms with E-state index in [1.165, 1.54) is 4.68 Å². The molecule has 1 heterocycles. The van der Waals surface area contributed by atoms with Crippen molar-refractivity contribution in [3.05, 3.63) is 75.2 Å². The number of ether oxygens (including phenoxy) is 1. The maximum absolute atomic E-state index is 12.8. The number of benzene rings is 2. The molecule has 1 amide bonds. The van der Waals surface area contributed by atoms with Crippen molar-refractivity contribution in [3.8, 4) is 11.4 Å². The number of para-hydroxylation sites is 1. The fraction of sp³-hybridized carbons (Fsp3) is 0.200. The number of nitrogens with zero attached hydrogens (tertiary/aromatic N) is 2. The van der Waals surface area contributed by atoms with Crippen molar-refractivity contribution in [2.75, 3.05) is 11.9 Å². The van der Waals surface area contributed by atoms with Gasteiger partial charge in [0.1, 0.15) is 11.4 Å². The average Bonchev–Trinajstić information content (AvgIpc) is 2.87. The van der Waals surface area contributed by atoms with E-state index in [9.17, 15) is 9.59 Å². The highest BCUT2D eigenvalue weighted by atomic mass is 35.5. The lowest BCUT2D eigenvalue weighted by atomic mass is 10.2. The van der Waals surface area contributed by atoms with Crippen molar-refractivity contribution in [2.45, 2.75) is 13.8 Å². The first-order chi connectivity index (χ1) is 12.9. The molecule has 0 saturated carbocycles. The van der Waals surface area contributed by atoms with Gasteiger partial charge < -0.3 is 10.1 Å². The molecule has 0 aliphatic carbocycles. The molecule has 1 aromatic heterocycles. The Bertz CT molecular complexity index is 1040. The molecule has 0 unspecified atom stereocenters. The number of aryl methyl sites for hydroxylation is 1. The monoisotopic (exact) mass is 385 g/mol. The lowest BCUT2D eigenvalue weighted by Crippen LogP contribution is -2.25. The van der Waals surface area contributed by atoms with Gasteiger partial charge in [0.05, 0.1) is 11.4 Å². The lowest BCUT2D eigenvalue weighted by molar-refractivity contribution is -0.118. The van der Waals surface area contributed by atoms with Crippen molar-refractivity contribution < 1.29 is 9.53 Å². The maximum Gasteiger partial charge on any atom is 0.295 e. The molecule has 6 nitrogen and oxygen atoms in total. The summed E-state index contributed by atoms with van der Waals surface area (Å²) in [5.74, 6) is 0.132. The van der Waals surface area contributed by atoms with Gasteiger partial charge in [-0.15, -0.1) is 0 Å². The first-order valence-corrected chi connectivity index (χ1v) is 8.79. The van der Waals surface area contributed by atoms with Gasteiger partial charge >= 0.3 is 0 Å². The van der Waals surface area contributed by atoms with Crippen molar-refractivity contribution in [1.82, 2.24) is 9.36 Å². The molecule has 0 fully saturated rings. The zero-order valence-corrected chi connectivity index (χ0v) is 16.1. The van der Waals surface area contributed by atoms with Gasteiger partial charge in [0.2, 0.25) is 0 Å². The van der Waals surface area contributed by atoms with Gasteiger partial charge in [-0.25, -0.2) is 4.68 Å². The van der Waals surface area contributed by atoms with E-state index in [0.29, 0.717) is 16.5 Å². The molecule has 0 saturated heterocycles. The zero-order chi connectivity index (χ0) is 19.6. The molecular formula is C20H20ClN3O3. The quantitative estimate of drug-likeness (QED) is 0.731. The largest absolute Gasteiger partial charge is 0.484 e. The van der Waals surface area contributed by atoms with Gasteiger partial charge in [0, 0.05) is 12.1 Å². The molecule has 7 heteroatoms. The Labute approximate surface area is 161 Å². The first kappa shape index (κ1) is 18.8. The molecule has 0 aliphatic heterocycles. The molecule has 0 aliphatic rings. The van der Waals surface area contributed by atoms with Crippen molar-refractivity contribution >= 4 is 23.2 Å². The van der Waals surface area contributed by atoms with Crippen LogP contribution in [0.1, 0.15) is 11.3 Å². The Balaban J connectivity index is 1.76. The van der Waals surface area contributed by atoms with E-state index in [-0.39, 0.29) is 17.9 Å². The summed E-state index contributed by atoms with van der Waals surface area (Å²) in [6.45, 7) is 3.43. The molecule has 27 heavy (non-hydrogen) atoms. The fourth-order valence-electron chi connectivity index (χ4n) is 2.74. The van der Waals surface area contributed by atoms with Crippen LogP contribution in [-0.2, 0) is 11.8 Å². The number of amides is 1. The van der Waals surface area contributed by atoms with Crippen LogP contribution in [0.25, 0.3) is 5.69 Å². The van der Waals surface area contributed by atoms with Crippen LogP contribution in [0.15, 0.2) is 53.3 Å². The minimum Gasteiger partial charge on any atom is -0.484 e. The Morgan fingerprint density at radius 3 is 2.52 bits per heavy atom. The number of rotatable bonds is 5. The van der Waals surface area contributed by atoms with E-state index in [1.807, 2.05) is 37.3 Å². The molecule has 0 spiro atoms. The Hall–Kier alpha value is -2.99. The van der Waals surface area contributed by atoms with Crippen LogP contribution in [0.2, 0.25) is 5.02 Å². The van der Waals surface area contributed by atoms with Crippen LogP contribution in [0.4, 0.5) is 5.69 Å². The number of aromatic nitrogens is 2. The summed E-state index contributed by atoms with van der Waals surface area (Å²) in [4.78, 5) is 25.1. The number of hydrogen-bond acceptors (Lipinski definition) is 3.